The van der Waals surface area contributed by atoms with Crippen LogP contribution in [0.4, 0.5) is 4.39 Å². The molecule has 1 aromatic carbocycles. The van der Waals surface area contributed by atoms with E-state index < -0.39 is 0 Å². The monoisotopic (exact) mass is 351 g/mol. The number of rotatable bonds is 6. The Morgan fingerprint density at radius 3 is 2.88 bits per heavy atom. The van der Waals surface area contributed by atoms with Crippen LogP contribution in [-0.4, -0.2) is 11.4 Å². The van der Waals surface area contributed by atoms with Crippen molar-refractivity contribution < 1.29 is 4.39 Å². The smallest absolute Gasteiger partial charge is 0.137 e. The largest absolute Gasteiger partial charge is 0.313 e. The summed E-state index contributed by atoms with van der Waals surface area (Å²) in [6, 6.07) is 5.11. The fraction of sp³-hybridized carbons (Fsp3) is 0.500. The van der Waals surface area contributed by atoms with Crippen molar-refractivity contribution in [3.63, 3.8) is 0 Å². The van der Waals surface area contributed by atoms with Gasteiger partial charge in [0.2, 0.25) is 0 Å². The second kappa shape index (κ2) is 7.41. The number of nitrogens with one attached hydrogen (secondary N) is 1. The van der Waals surface area contributed by atoms with Crippen molar-refractivity contribution in [3.8, 4) is 0 Å². The molecule has 1 aromatic rings. The van der Waals surface area contributed by atoms with E-state index >= 15 is 0 Å². The van der Waals surface area contributed by atoms with E-state index in [4.69, 9.17) is 0 Å². The lowest BCUT2D eigenvalue weighted by atomic mass is 10.2. The number of halogens is 3. The van der Waals surface area contributed by atoms with Gasteiger partial charge in [0.1, 0.15) is 5.82 Å². The minimum absolute atomic E-state index is 0.203. The van der Waals surface area contributed by atoms with Crippen LogP contribution in [0.15, 0.2) is 22.7 Å². The number of hydrogen-bond acceptors (Lipinski definition) is 1. The van der Waals surface area contributed by atoms with Gasteiger partial charge in [-0.1, -0.05) is 35.0 Å². The third kappa shape index (κ3) is 4.52. The van der Waals surface area contributed by atoms with Crippen molar-refractivity contribution in [1.29, 1.82) is 0 Å². The molecule has 1 rings (SSSR count). The lowest BCUT2D eigenvalue weighted by Crippen LogP contribution is -2.18. The molecule has 1 atom stereocenters. The molecule has 0 aliphatic carbocycles. The summed E-state index contributed by atoms with van der Waals surface area (Å²) < 4.78 is 13.8. The predicted octanol–water partition coefficient (Wildman–Crippen LogP) is 4.24. The SMILES string of the molecule is CCC(Br)CCNCc1cccc(F)c1Br. The van der Waals surface area contributed by atoms with E-state index in [2.05, 4.69) is 44.1 Å². The number of alkyl halides is 1. The van der Waals surface area contributed by atoms with Crippen LogP contribution in [-0.2, 0) is 6.54 Å². The zero-order valence-electron chi connectivity index (χ0n) is 9.27. The highest BCUT2D eigenvalue weighted by atomic mass is 79.9. The summed E-state index contributed by atoms with van der Waals surface area (Å²) in [6.07, 6.45) is 2.22. The molecule has 0 aliphatic rings. The number of hydrogen-bond donors (Lipinski definition) is 1. The van der Waals surface area contributed by atoms with Crippen LogP contribution in [0.5, 0.6) is 0 Å². The molecule has 0 aromatic heterocycles. The minimum atomic E-state index is -0.203. The molecule has 1 N–H and O–H groups in total. The Balaban J connectivity index is 2.35. The molecule has 0 radical (unpaired) electrons. The van der Waals surface area contributed by atoms with Crippen molar-refractivity contribution in [3.05, 3.63) is 34.1 Å². The molecule has 0 bridgehead atoms. The predicted molar refractivity (Wildman–Crippen MR) is 73.4 cm³/mol. The fourth-order valence-electron chi connectivity index (χ4n) is 1.37. The summed E-state index contributed by atoms with van der Waals surface area (Å²) in [4.78, 5) is 0.566. The van der Waals surface area contributed by atoms with E-state index in [-0.39, 0.29) is 5.82 Å². The van der Waals surface area contributed by atoms with Crippen molar-refractivity contribution in [2.75, 3.05) is 6.54 Å². The standard InChI is InChI=1S/C12H16Br2FN/c1-2-10(13)6-7-16-8-9-4-3-5-11(15)12(9)14/h3-5,10,16H,2,6-8H2,1H3. The average molecular weight is 353 g/mol. The molecule has 1 unspecified atom stereocenters. The molecule has 0 amide bonds. The van der Waals surface area contributed by atoms with Gasteiger partial charge in [-0.2, -0.15) is 0 Å². The minimum Gasteiger partial charge on any atom is -0.313 e. The molecular weight excluding hydrogens is 337 g/mol. The summed E-state index contributed by atoms with van der Waals surface area (Å²) in [7, 11) is 0. The Morgan fingerprint density at radius 2 is 2.19 bits per heavy atom. The maximum absolute atomic E-state index is 13.2. The molecule has 16 heavy (non-hydrogen) atoms. The Hall–Kier alpha value is 0.0700. The lowest BCUT2D eigenvalue weighted by Gasteiger charge is -2.09. The van der Waals surface area contributed by atoms with Crippen molar-refractivity contribution in [2.24, 2.45) is 0 Å². The van der Waals surface area contributed by atoms with Gasteiger partial charge in [0.05, 0.1) is 4.47 Å². The summed E-state index contributed by atoms with van der Waals surface area (Å²) >= 11 is 6.83. The fourth-order valence-corrected chi connectivity index (χ4v) is 2.00. The molecule has 1 nitrogen and oxygen atoms in total. The molecule has 0 saturated heterocycles. The molecule has 0 heterocycles. The van der Waals surface area contributed by atoms with E-state index in [0.29, 0.717) is 15.8 Å². The first-order valence-electron chi connectivity index (χ1n) is 5.42. The first-order chi connectivity index (χ1) is 7.65. The molecule has 0 aliphatic heterocycles. The third-order valence-corrected chi connectivity index (χ3v) is 4.42. The topological polar surface area (TPSA) is 12.0 Å². The van der Waals surface area contributed by atoms with Gasteiger partial charge in [0, 0.05) is 11.4 Å². The van der Waals surface area contributed by atoms with E-state index in [1.54, 1.807) is 6.07 Å². The highest BCUT2D eigenvalue weighted by molar-refractivity contribution is 9.10. The van der Waals surface area contributed by atoms with Crippen LogP contribution in [0.25, 0.3) is 0 Å². The zero-order valence-corrected chi connectivity index (χ0v) is 12.4. The van der Waals surface area contributed by atoms with Gasteiger partial charge in [0.15, 0.2) is 0 Å². The van der Waals surface area contributed by atoms with Gasteiger partial charge in [-0.25, -0.2) is 4.39 Å². The van der Waals surface area contributed by atoms with Gasteiger partial charge in [0.25, 0.3) is 0 Å². The van der Waals surface area contributed by atoms with Gasteiger partial charge < -0.3 is 5.32 Å². The first kappa shape index (κ1) is 14.1. The van der Waals surface area contributed by atoms with E-state index in [0.717, 1.165) is 24.9 Å². The second-order valence-electron chi connectivity index (χ2n) is 3.68. The maximum Gasteiger partial charge on any atom is 0.137 e. The Kier molecular flexibility index (Phi) is 6.54. The van der Waals surface area contributed by atoms with Gasteiger partial charge in [-0.05, 0) is 46.9 Å². The van der Waals surface area contributed by atoms with Crippen LogP contribution in [0.1, 0.15) is 25.3 Å². The quantitative estimate of drug-likeness (QED) is 0.596. The second-order valence-corrected chi connectivity index (χ2v) is 5.77. The summed E-state index contributed by atoms with van der Waals surface area (Å²) in [5, 5.41) is 3.31. The van der Waals surface area contributed by atoms with Gasteiger partial charge >= 0.3 is 0 Å². The van der Waals surface area contributed by atoms with Crippen LogP contribution in [0.2, 0.25) is 0 Å². The van der Waals surface area contributed by atoms with Crippen LogP contribution in [0.3, 0.4) is 0 Å². The van der Waals surface area contributed by atoms with Gasteiger partial charge in [-0.3, -0.25) is 0 Å². The molecule has 0 saturated carbocycles. The van der Waals surface area contributed by atoms with E-state index in [1.165, 1.54) is 6.07 Å². The number of benzene rings is 1. The van der Waals surface area contributed by atoms with Gasteiger partial charge in [-0.15, -0.1) is 0 Å². The van der Waals surface area contributed by atoms with Crippen molar-refractivity contribution in [1.82, 2.24) is 5.32 Å². The highest BCUT2D eigenvalue weighted by Crippen LogP contribution is 2.20. The Labute approximate surface area is 113 Å². The molecule has 90 valence electrons. The average Bonchev–Trinajstić information content (AvgIpc) is 2.29. The maximum atomic E-state index is 13.2. The van der Waals surface area contributed by atoms with Crippen molar-refractivity contribution in [2.45, 2.75) is 31.1 Å². The van der Waals surface area contributed by atoms with Crippen LogP contribution in [0, 0.1) is 5.82 Å². The summed E-state index contributed by atoms with van der Waals surface area (Å²) in [6.45, 7) is 3.79. The Morgan fingerprint density at radius 1 is 1.44 bits per heavy atom. The highest BCUT2D eigenvalue weighted by Gasteiger charge is 2.05. The Bertz CT molecular complexity index is 331. The normalized spacial score (nSPS) is 12.8. The zero-order chi connectivity index (χ0) is 12.0. The van der Waals surface area contributed by atoms with Crippen LogP contribution < -0.4 is 5.32 Å². The van der Waals surface area contributed by atoms with E-state index in [1.807, 2.05) is 6.07 Å². The van der Waals surface area contributed by atoms with Crippen molar-refractivity contribution >= 4 is 31.9 Å². The summed E-state index contributed by atoms with van der Waals surface area (Å²) in [5.41, 5.74) is 0.961. The summed E-state index contributed by atoms with van der Waals surface area (Å²) in [5.74, 6) is -0.203. The van der Waals surface area contributed by atoms with E-state index in [9.17, 15) is 4.39 Å². The molecule has 0 spiro atoms. The third-order valence-electron chi connectivity index (χ3n) is 2.42. The van der Waals surface area contributed by atoms with Crippen LogP contribution >= 0.6 is 31.9 Å². The molecular formula is C12H16Br2FN. The first-order valence-corrected chi connectivity index (χ1v) is 7.13. The molecule has 0 fully saturated rings. The molecule has 4 heteroatoms. The lowest BCUT2D eigenvalue weighted by molar-refractivity contribution is 0.604.